The Kier molecular flexibility index (Phi) is 5.32. The zero-order valence-corrected chi connectivity index (χ0v) is 10.5. The quantitative estimate of drug-likeness (QED) is 0.564. The van der Waals surface area contributed by atoms with Crippen LogP contribution in [0.2, 0.25) is 0 Å². The fourth-order valence-corrected chi connectivity index (χ4v) is 2.11. The van der Waals surface area contributed by atoms with Crippen LogP contribution in [-0.4, -0.2) is 43.7 Å². The summed E-state index contributed by atoms with van der Waals surface area (Å²) in [6.45, 7) is 7.29. The molecule has 0 aromatic heterocycles. The lowest BCUT2D eigenvalue weighted by atomic mass is 10.2. The van der Waals surface area contributed by atoms with Crippen LogP contribution >= 0.6 is 0 Å². The number of likely N-dealkylation sites (tertiary alicyclic amines) is 1. The van der Waals surface area contributed by atoms with Crippen LogP contribution < -0.4 is 5.32 Å². The average molecular weight is 226 g/mol. The molecule has 0 amide bonds. The van der Waals surface area contributed by atoms with Gasteiger partial charge in [-0.05, 0) is 32.9 Å². The maximum atomic E-state index is 11.0. The highest BCUT2D eigenvalue weighted by atomic mass is 16.5. The summed E-state index contributed by atoms with van der Waals surface area (Å²) in [6.07, 6.45) is 4.01. The van der Waals surface area contributed by atoms with Crippen LogP contribution in [0.3, 0.4) is 0 Å². The molecule has 1 unspecified atom stereocenters. The molecule has 4 nitrogen and oxygen atoms in total. The Bertz CT molecular complexity index is 264. The zero-order valence-electron chi connectivity index (χ0n) is 10.5. The molecular formula is C12H22N2O2. The molecule has 92 valence electrons. The summed E-state index contributed by atoms with van der Waals surface area (Å²) in [7, 11) is 1.39. The number of methoxy groups -OCH3 is 1. The molecule has 0 spiro atoms. The highest BCUT2D eigenvalue weighted by Crippen LogP contribution is 2.15. The van der Waals surface area contributed by atoms with E-state index in [2.05, 4.69) is 21.9 Å². The Labute approximate surface area is 97.6 Å². The fourth-order valence-electron chi connectivity index (χ4n) is 2.11. The SMILES string of the molecule is CCN1CCCC1CN/C(C)=C\C(=O)OC. The molecule has 0 radical (unpaired) electrons. The summed E-state index contributed by atoms with van der Waals surface area (Å²) < 4.78 is 4.57. The van der Waals surface area contributed by atoms with E-state index in [9.17, 15) is 4.79 Å². The summed E-state index contributed by atoms with van der Waals surface area (Å²) in [5.74, 6) is -0.302. The van der Waals surface area contributed by atoms with Gasteiger partial charge in [0.15, 0.2) is 0 Å². The molecule has 1 N–H and O–H groups in total. The minimum Gasteiger partial charge on any atom is -0.466 e. The summed E-state index contributed by atoms with van der Waals surface area (Å²) in [5, 5.41) is 3.27. The van der Waals surface area contributed by atoms with Gasteiger partial charge in [-0.25, -0.2) is 4.79 Å². The Balaban J connectivity index is 2.33. The predicted octanol–water partition coefficient (Wildman–Crippen LogP) is 1.14. The number of rotatable bonds is 5. The molecule has 0 aromatic rings. The second-order valence-corrected chi connectivity index (χ2v) is 4.16. The third-order valence-corrected chi connectivity index (χ3v) is 3.06. The molecule has 1 rings (SSSR count). The van der Waals surface area contributed by atoms with Crippen molar-refractivity contribution in [2.75, 3.05) is 26.7 Å². The molecule has 1 atom stereocenters. The van der Waals surface area contributed by atoms with Crippen LogP contribution in [-0.2, 0) is 9.53 Å². The highest BCUT2D eigenvalue weighted by Gasteiger charge is 2.22. The Hall–Kier alpha value is -1.03. The maximum Gasteiger partial charge on any atom is 0.332 e. The topological polar surface area (TPSA) is 41.6 Å². The van der Waals surface area contributed by atoms with E-state index >= 15 is 0 Å². The summed E-state index contributed by atoms with van der Waals surface area (Å²) in [5.41, 5.74) is 0.870. The largest absolute Gasteiger partial charge is 0.466 e. The van der Waals surface area contributed by atoms with E-state index in [1.54, 1.807) is 0 Å². The van der Waals surface area contributed by atoms with Gasteiger partial charge in [0.25, 0.3) is 0 Å². The van der Waals surface area contributed by atoms with Gasteiger partial charge in [-0.15, -0.1) is 0 Å². The molecule has 16 heavy (non-hydrogen) atoms. The van der Waals surface area contributed by atoms with Crippen molar-refractivity contribution in [3.8, 4) is 0 Å². The molecule has 0 saturated carbocycles. The first-order valence-electron chi connectivity index (χ1n) is 5.91. The minimum absolute atomic E-state index is 0.302. The van der Waals surface area contributed by atoms with Crippen molar-refractivity contribution in [3.05, 3.63) is 11.8 Å². The Morgan fingerprint density at radius 3 is 3.00 bits per heavy atom. The second-order valence-electron chi connectivity index (χ2n) is 4.16. The number of allylic oxidation sites excluding steroid dienone is 1. The first-order chi connectivity index (χ1) is 7.67. The molecule has 1 fully saturated rings. The van der Waals surface area contributed by atoms with Gasteiger partial charge >= 0.3 is 5.97 Å². The van der Waals surface area contributed by atoms with Crippen molar-refractivity contribution in [1.82, 2.24) is 10.2 Å². The van der Waals surface area contributed by atoms with Gasteiger partial charge < -0.3 is 10.1 Å². The standard InChI is InChI=1S/C12H22N2O2/c1-4-14-7-5-6-11(14)9-13-10(2)8-12(15)16-3/h8,11,13H,4-7,9H2,1-3H3/b10-8-. The molecule has 1 heterocycles. The molecule has 1 saturated heterocycles. The van der Waals surface area contributed by atoms with Crippen LogP contribution in [0.5, 0.6) is 0 Å². The Morgan fingerprint density at radius 2 is 2.38 bits per heavy atom. The number of carbonyl (C=O) groups excluding carboxylic acids is 1. The van der Waals surface area contributed by atoms with Gasteiger partial charge in [-0.2, -0.15) is 0 Å². The van der Waals surface area contributed by atoms with E-state index in [1.807, 2.05) is 6.92 Å². The van der Waals surface area contributed by atoms with Gasteiger partial charge in [-0.1, -0.05) is 6.92 Å². The van der Waals surface area contributed by atoms with Crippen LogP contribution in [0.4, 0.5) is 0 Å². The van der Waals surface area contributed by atoms with Gasteiger partial charge in [-0.3, -0.25) is 4.90 Å². The number of ether oxygens (including phenoxy) is 1. The molecule has 1 aliphatic heterocycles. The second kappa shape index (κ2) is 6.53. The summed E-state index contributed by atoms with van der Waals surface area (Å²) >= 11 is 0. The summed E-state index contributed by atoms with van der Waals surface area (Å²) in [4.78, 5) is 13.5. The number of carbonyl (C=O) groups is 1. The van der Waals surface area contributed by atoms with Crippen LogP contribution in [0.25, 0.3) is 0 Å². The minimum atomic E-state index is -0.302. The maximum absolute atomic E-state index is 11.0. The van der Waals surface area contributed by atoms with Gasteiger partial charge in [0.2, 0.25) is 0 Å². The molecule has 0 aromatic carbocycles. The van der Waals surface area contributed by atoms with Crippen LogP contribution in [0.1, 0.15) is 26.7 Å². The summed E-state index contributed by atoms with van der Waals surface area (Å²) in [6, 6.07) is 0.603. The third kappa shape index (κ3) is 3.85. The lowest BCUT2D eigenvalue weighted by Gasteiger charge is -2.23. The molecule has 1 aliphatic rings. The average Bonchev–Trinajstić information content (AvgIpc) is 2.73. The van der Waals surface area contributed by atoms with E-state index in [-0.39, 0.29) is 5.97 Å². The molecule has 0 bridgehead atoms. The number of likely N-dealkylation sites (N-methyl/N-ethyl adjacent to an activating group) is 1. The monoisotopic (exact) mass is 226 g/mol. The smallest absolute Gasteiger partial charge is 0.332 e. The number of nitrogens with one attached hydrogen (secondary N) is 1. The van der Waals surface area contributed by atoms with E-state index in [1.165, 1.54) is 32.6 Å². The Morgan fingerprint density at radius 1 is 1.62 bits per heavy atom. The van der Waals surface area contributed by atoms with E-state index in [0.29, 0.717) is 6.04 Å². The van der Waals surface area contributed by atoms with Crippen molar-refractivity contribution in [1.29, 1.82) is 0 Å². The lowest BCUT2D eigenvalue weighted by Crippen LogP contribution is -2.37. The van der Waals surface area contributed by atoms with Gasteiger partial charge in [0.05, 0.1) is 7.11 Å². The molecule has 0 aliphatic carbocycles. The van der Waals surface area contributed by atoms with E-state index < -0.39 is 0 Å². The first-order valence-corrected chi connectivity index (χ1v) is 5.91. The van der Waals surface area contributed by atoms with Crippen molar-refractivity contribution in [3.63, 3.8) is 0 Å². The van der Waals surface area contributed by atoms with Crippen molar-refractivity contribution < 1.29 is 9.53 Å². The molecule has 4 heteroatoms. The number of hydrogen-bond donors (Lipinski definition) is 1. The van der Waals surface area contributed by atoms with Gasteiger partial charge in [0, 0.05) is 24.4 Å². The third-order valence-electron chi connectivity index (χ3n) is 3.06. The van der Waals surface area contributed by atoms with Crippen molar-refractivity contribution in [2.24, 2.45) is 0 Å². The number of hydrogen-bond acceptors (Lipinski definition) is 4. The van der Waals surface area contributed by atoms with Gasteiger partial charge in [0.1, 0.15) is 0 Å². The van der Waals surface area contributed by atoms with Crippen molar-refractivity contribution >= 4 is 5.97 Å². The number of esters is 1. The highest BCUT2D eigenvalue weighted by molar-refractivity contribution is 5.82. The van der Waals surface area contributed by atoms with E-state index in [4.69, 9.17) is 0 Å². The fraction of sp³-hybridized carbons (Fsp3) is 0.750. The first kappa shape index (κ1) is 13.0. The normalized spacial score (nSPS) is 22.2. The van der Waals surface area contributed by atoms with Crippen LogP contribution in [0, 0.1) is 0 Å². The molecular weight excluding hydrogens is 204 g/mol. The lowest BCUT2D eigenvalue weighted by molar-refractivity contribution is -0.134. The van der Waals surface area contributed by atoms with Crippen LogP contribution in [0.15, 0.2) is 11.8 Å². The zero-order chi connectivity index (χ0) is 12.0. The van der Waals surface area contributed by atoms with Crippen molar-refractivity contribution in [2.45, 2.75) is 32.7 Å². The van der Waals surface area contributed by atoms with E-state index in [0.717, 1.165) is 18.8 Å². The number of nitrogens with zero attached hydrogens (tertiary/aromatic N) is 1. The predicted molar refractivity (Wildman–Crippen MR) is 64.0 cm³/mol.